The minimum Gasteiger partial charge on any atom is -0.325 e. The van der Waals surface area contributed by atoms with E-state index in [1.807, 2.05) is 32.3 Å². The average Bonchev–Trinajstić information content (AvgIpc) is 2.85. The molecular formula is C15H19ClN4O. The SMILES string of the molecule is Cc1ccc(Cl)cc1NC(=O)CNCCc1ccn(C)n1. The third kappa shape index (κ3) is 4.88. The Morgan fingerprint density at radius 3 is 2.90 bits per heavy atom. The number of anilines is 1. The molecule has 0 aliphatic rings. The van der Waals surface area contributed by atoms with E-state index in [2.05, 4.69) is 15.7 Å². The van der Waals surface area contributed by atoms with Crippen molar-refractivity contribution in [1.82, 2.24) is 15.1 Å². The molecular weight excluding hydrogens is 288 g/mol. The molecule has 0 atom stereocenters. The minimum absolute atomic E-state index is 0.0820. The molecule has 0 aliphatic carbocycles. The summed E-state index contributed by atoms with van der Waals surface area (Å²) in [5.74, 6) is -0.0820. The van der Waals surface area contributed by atoms with Gasteiger partial charge in [0.05, 0.1) is 12.2 Å². The first-order valence-electron chi connectivity index (χ1n) is 6.80. The summed E-state index contributed by atoms with van der Waals surface area (Å²) in [5.41, 5.74) is 2.75. The molecule has 0 radical (unpaired) electrons. The first-order chi connectivity index (χ1) is 10.0. The van der Waals surface area contributed by atoms with Crippen LogP contribution in [-0.4, -0.2) is 28.8 Å². The molecule has 0 fully saturated rings. The Labute approximate surface area is 129 Å². The molecule has 2 N–H and O–H groups in total. The number of carbonyl (C=O) groups is 1. The summed E-state index contributed by atoms with van der Waals surface area (Å²) in [6, 6.07) is 7.41. The first-order valence-corrected chi connectivity index (χ1v) is 7.17. The summed E-state index contributed by atoms with van der Waals surface area (Å²) in [5, 5.41) is 10.8. The molecule has 1 aromatic carbocycles. The molecule has 1 amide bonds. The highest BCUT2D eigenvalue weighted by Gasteiger charge is 2.05. The summed E-state index contributed by atoms with van der Waals surface area (Å²) in [4.78, 5) is 11.9. The first kappa shape index (κ1) is 15.5. The number of nitrogens with zero attached hydrogens (tertiary/aromatic N) is 2. The second-order valence-electron chi connectivity index (χ2n) is 4.91. The van der Waals surface area contributed by atoms with Crippen LogP contribution in [0, 0.1) is 6.92 Å². The number of nitrogens with one attached hydrogen (secondary N) is 2. The molecule has 21 heavy (non-hydrogen) atoms. The number of amides is 1. The van der Waals surface area contributed by atoms with Gasteiger partial charge in [0, 0.05) is 36.9 Å². The summed E-state index contributed by atoms with van der Waals surface area (Å²) in [6.07, 6.45) is 2.70. The standard InChI is InChI=1S/C15H19ClN4O/c1-11-3-4-12(16)9-14(11)18-15(21)10-17-7-5-13-6-8-20(2)19-13/h3-4,6,8-9,17H,5,7,10H2,1-2H3,(H,18,21). The predicted octanol–water partition coefficient (Wildman–Crippen LogP) is 2.15. The van der Waals surface area contributed by atoms with Crippen LogP contribution in [0.1, 0.15) is 11.3 Å². The molecule has 0 saturated heterocycles. The van der Waals surface area contributed by atoms with Gasteiger partial charge in [-0.3, -0.25) is 9.48 Å². The normalized spacial score (nSPS) is 10.6. The van der Waals surface area contributed by atoms with Crippen LogP contribution in [0.2, 0.25) is 5.02 Å². The second kappa shape index (κ2) is 7.24. The van der Waals surface area contributed by atoms with Gasteiger partial charge in [-0.2, -0.15) is 5.10 Å². The van der Waals surface area contributed by atoms with E-state index >= 15 is 0 Å². The van der Waals surface area contributed by atoms with Crippen molar-refractivity contribution in [2.75, 3.05) is 18.4 Å². The average molecular weight is 307 g/mol. The second-order valence-corrected chi connectivity index (χ2v) is 5.35. The van der Waals surface area contributed by atoms with Crippen molar-refractivity contribution in [1.29, 1.82) is 0 Å². The van der Waals surface area contributed by atoms with Gasteiger partial charge in [-0.15, -0.1) is 0 Å². The number of hydrogen-bond acceptors (Lipinski definition) is 3. The van der Waals surface area contributed by atoms with Crippen molar-refractivity contribution in [3.8, 4) is 0 Å². The fourth-order valence-corrected chi connectivity index (χ4v) is 2.11. The van der Waals surface area contributed by atoms with E-state index in [-0.39, 0.29) is 12.5 Å². The predicted molar refractivity (Wildman–Crippen MR) is 84.6 cm³/mol. The Morgan fingerprint density at radius 2 is 2.19 bits per heavy atom. The zero-order valence-electron chi connectivity index (χ0n) is 12.2. The van der Waals surface area contributed by atoms with E-state index in [0.717, 1.165) is 23.4 Å². The number of rotatable bonds is 6. The molecule has 1 heterocycles. The quantitative estimate of drug-likeness (QED) is 0.804. The third-order valence-electron chi connectivity index (χ3n) is 3.09. The van der Waals surface area contributed by atoms with E-state index < -0.39 is 0 Å². The van der Waals surface area contributed by atoms with Crippen LogP contribution >= 0.6 is 11.6 Å². The lowest BCUT2D eigenvalue weighted by Gasteiger charge is -2.09. The van der Waals surface area contributed by atoms with Crippen LogP contribution in [0.4, 0.5) is 5.69 Å². The van der Waals surface area contributed by atoms with Crippen LogP contribution in [0.15, 0.2) is 30.5 Å². The van der Waals surface area contributed by atoms with Gasteiger partial charge in [0.1, 0.15) is 0 Å². The van der Waals surface area contributed by atoms with Gasteiger partial charge in [0.15, 0.2) is 0 Å². The van der Waals surface area contributed by atoms with Crippen molar-refractivity contribution in [2.45, 2.75) is 13.3 Å². The van der Waals surface area contributed by atoms with Gasteiger partial charge in [-0.05, 0) is 30.7 Å². The maximum atomic E-state index is 11.9. The molecule has 1 aromatic heterocycles. The van der Waals surface area contributed by atoms with Gasteiger partial charge in [0.2, 0.25) is 5.91 Å². The van der Waals surface area contributed by atoms with Crippen LogP contribution < -0.4 is 10.6 Å². The maximum Gasteiger partial charge on any atom is 0.238 e. The fraction of sp³-hybridized carbons (Fsp3) is 0.333. The maximum absolute atomic E-state index is 11.9. The Balaban J connectivity index is 1.73. The van der Waals surface area contributed by atoms with Gasteiger partial charge in [0.25, 0.3) is 0 Å². The largest absolute Gasteiger partial charge is 0.325 e. The van der Waals surface area contributed by atoms with Crippen molar-refractivity contribution in [2.24, 2.45) is 7.05 Å². The van der Waals surface area contributed by atoms with Gasteiger partial charge >= 0.3 is 0 Å². The monoisotopic (exact) mass is 306 g/mol. The van der Waals surface area contributed by atoms with Crippen molar-refractivity contribution in [3.05, 3.63) is 46.7 Å². The third-order valence-corrected chi connectivity index (χ3v) is 3.32. The summed E-state index contributed by atoms with van der Waals surface area (Å²) >= 11 is 5.92. The van der Waals surface area contributed by atoms with Crippen LogP contribution in [-0.2, 0) is 18.3 Å². The molecule has 6 heteroatoms. The smallest absolute Gasteiger partial charge is 0.238 e. The van der Waals surface area contributed by atoms with Crippen LogP contribution in [0.5, 0.6) is 0 Å². The summed E-state index contributed by atoms with van der Waals surface area (Å²) < 4.78 is 1.77. The van der Waals surface area contributed by atoms with E-state index in [1.165, 1.54) is 0 Å². The number of benzene rings is 1. The van der Waals surface area contributed by atoms with Gasteiger partial charge < -0.3 is 10.6 Å². The summed E-state index contributed by atoms with van der Waals surface area (Å²) in [7, 11) is 1.89. The number of aromatic nitrogens is 2. The number of carbonyl (C=O) groups excluding carboxylic acids is 1. The zero-order valence-corrected chi connectivity index (χ0v) is 12.9. The van der Waals surface area contributed by atoms with E-state index in [4.69, 9.17) is 11.6 Å². The highest BCUT2D eigenvalue weighted by molar-refractivity contribution is 6.31. The highest BCUT2D eigenvalue weighted by atomic mass is 35.5. The van der Waals surface area contributed by atoms with E-state index in [9.17, 15) is 4.79 Å². The molecule has 0 saturated carbocycles. The molecule has 5 nitrogen and oxygen atoms in total. The number of aryl methyl sites for hydroxylation is 2. The fourth-order valence-electron chi connectivity index (χ4n) is 1.94. The van der Waals surface area contributed by atoms with Crippen LogP contribution in [0.25, 0.3) is 0 Å². The minimum atomic E-state index is -0.0820. The Morgan fingerprint density at radius 1 is 1.38 bits per heavy atom. The van der Waals surface area contributed by atoms with Gasteiger partial charge in [-0.1, -0.05) is 17.7 Å². The number of hydrogen-bond donors (Lipinski definition) is 2. The lowest BCUT2D eigenvalue weighted by molar-refractivity contribution is -0.115. The Kier molecular flexibility index (Phi) is 5.36. The summed E-state index contributed by atoms with van der Waals surface area (Å²) in [6.45, 7) is 2.90. The van der Waals surface area contributed by atoms with E-state index in [0.29, 0.717) is 11.6 Å². The lowest BCUT2D eigenvalue weighted by Crippen LogP contribution is -2.29. The molecule has 0 spiro atoms. The van der Waals surface area contributed by atoms with Crippen molar-refractivity contribution < 1.29 is 4.79 Å². The highest BCUT2D eigenvalue weighted by Crippen LogP contribution is 2.19. The molecule has 112 valence electrons. The van der Waals surface area contributed by atoms with Crippen molar-refractivity contribution >= 4 is 23.2 Å². The van der Waals surface area contributed by atoms with Gasteiger partial charge in [-0.25, -0.2) is 0 Å². The molecule has 2 aromatic rings. The molecule has 0 bridgehead atoms. The topological polar surface area (TPSA) is 59.0 Å². The number of halogens is 1. The van der Waals surface area contributed by atoms with Crippen LogP contribution in [0.3, 0.4) is 0 Å². The van der Waals surface area contributed by atoms with Crippen molar-refractivity contribution in [3.63, 3.8) is 0 Å². The zero-order chi connectivity index (χ0) is 15.2. The Bertz CT molecular complexity index is 624. The molecule has 0 aliphatic heterocycles. The molecule has 0 unspecified atom stereocenters. The Hall–Kier alpha value is -1.85. The lowest BCUT2D eigenvalue weighted by atomic mass is 10.2. The van der Waals surface area contributed by atoms with E-state index in [1.54, 1.807) is 16.8 Å². The molecule has 2 rings (SSSR count).